The standard InChI is InChI=1S/C15H15N3O/c16-13(9-19)15-8-17-10-18(15)14-7-3-5-11-4-1-2-6-12(11)14/h1-8,10,13,19H,9,16H2. The first kappa shape index (κ1) is 11.9. The maximum absolute atomic E-state index is 9.23. The van der Waals surface area contributed by atoms with Crippen LogP contribution in [0.15, 0.2) is 55.0 Å². The van der Waals surface area contributed by atoms with Gasteiger partial charge in [-0.05, 0) is 11.5 Å². The number of aliphatic hydroxyl groups is 1. The van der Waals surface area contributed by atoms with Gasteiger partial charge in [-0.2, -0.15) is 0 Å². The zero-order valence-corrected chi connectivity index (χ0v) is 10.4. The molecule has 0 saturated heterocycles. The highest BCUT2D eigenvalue weighted by molar-refractivity contribution is 5.90. The Bertz CT molecular complexity index is 700. The Morgan fingerprint density at radius 1 is 1.16 bits per heavy atom. The van der Waals surface area contributed by atoms with Gasteiger partial charge in [0, 0.05) is 5.39 Å². The van der Waals surface area contributed by atoms with E-state index in [0.717, 1.165) is 22.2 Å². The molecule has 0 aliphatic heterocycles. The van der Waals surface area contributed by atoms with Crippen LogP contribution >= 0.6 is 0 Å². The highest BCUT2D eigenvalue weighted by Gasteiger charge is 2.13. The van der Waals surface area contributed by atoms with E-state index < -0.39 is 6.04 Å². The van der Waals surface area contributed by atoms with E-state index in [1.54, 1.807) is 12.5 Å². The van der Waals surface area contributed by atoms with Crippen LogP contribution in [0.1, 0.15) is 11.7 Å². The molecule has 0 radical (unpaired) electrons. The minimum Gasteiger partial charge on any atom is -0.394 e. The molecule has 1 atom stereocenters. The molecule has 0 bridgehead atoms. The van der Waals surface area contributed by atoms with Crippen molar-refractivity contribution in [1.82, 2.24) is 9.55 Å². The largest absolute Gasteiger partial charge is 0.394 e. The Balaban J connectivity index is 2.23. The Morgan fingerprint density at radius 2 is 1.95 bits per heavy atom. The molecule has 0 fully saturated rings. The minimum absolute atomic E-state index is 0.101. The van der Waals surface area contributed by atoms with Crippen molar-refractivity contribution >= 4 is 10.8 Å². The van der Waals surface area contributed by atoms with Gasteiger partial charge in [-0.1, -0.05) is 36.4 Å². The van der Waals surface area contributed by atoms with Crippen LogP contribution in [0.3, 0.4) is 0 Å². The predicted octanol–water partition coefficient (Wildman–Crippen LogP) is 2.02. The van der Waals surface area contributed by atoms with Crippen molar-refractivity contribution in [3.8, 4) is 5.69 Å². The molecule has 0 spiro atoms. The molecule has 0 aliphatic rings. The zero-order valence-electron chi connectivity index (χ0n) is 10.4. The van der Waals surface area contributed by atoms with Gasteiger partial charge in [-0.15, -0.1) is 0 Å². The number of imidazole rings is 1. The topological polar surface area (TPSA) is 64.1 Å². The van der Waals surface area contributed by atoms with E-state index in [-0.39, 0.29) is 6.61 Å². The van der Waals surface area contributed by atoms with Crippen LogP contribution in [-0.2, 0) is 0 Å². The Morgan fingerprint density at radius 3 is 2.79 bits per heavy atom. The lowest BCUT2D eigenvalue weighted by atomic mass is 10.1. The molecule has 3 aromatic rings. The molecule has 1 aromatic heterocycles. The van der Waals surface area contributed by atoms with Gasteiger partial charge in [-0.3, -0.25) is 0 Å². The molecule has 19 heavy (non-hydrogen) atoms. The number of rotatable bonds is 3. The van der Waals surface area contributed by atoms with Gasteiger partial charge in [0.25, 0.3) is 0 Å². The third kappa shape index (κ3) is 2.01. The van der Waals surface area contributed by atoms with E-state index >= 15 is 0 Å². The number of aromatic nitrogens is 2. The van der Waals surface area contributed by atoms with Crippen molar-refractivity contribution in [2.45, 2.75) is 6.04 Å². The highest BCUT2D eigenvalue weighted by atomic mass is 16.3. The van der Waals surface area contributed by atoms with Crippen LogP contribution in [0.4, 0.5) is 0 Å². The second-order valence-corrected chi connectivity index (χ2v) is 4.48. The first-order valence-corrected chi connectivity index (χ1v) is 6.18. The smallest absolute Gasteiger partial charge is 0.0994 e. The average Bonchev–Trinajstić information content (AvgIpc) is 2.95. The Kier molecular flexibility index (Phi) is 3.03. The number of hydrogen-bond acceptors (Lipinski definition) is 3. The molecule has 0 aliphatic carbocycles. The molecule has 3 rings (SSSR count). The lowest BCUT2D eigenvalue weighted by Crippen LogP contribution is -2.18. The molecule has 96 valence electrons. The number of nitrogens with zero attached hydrogens (tertiary/aromatic N) is 2. The van der Waals surface area contributed by atoms with Gasteiger partial charge in [0.15, 0.2) is 0 Å². The summed E-state index contributed by atoms with van der Waals surface area (Å²) >= 11 is 0. The molecule has 4 nitrogen and oxygen atoms in total. The summed E-state index contributed by atoms with van der Waals surface area (Å²) in [5.74, 6) is 0. The molecule has 2 aromatic carbocycles. The van der Waals surface area contributed by atoms with Crippen molar-refractivity contribution in [3.05, 3.63) is 60.7 Å². The zero-order chi connectivity index (χ0) is 13.2. The first-order chi connectivity index (χ1) is 9.31. The van der Waals surface area contributed by atoms with Crippen molar-refractivity contribution in [2.24, 2.45) is 5.73 Å². The van der Waals surface area contributed by atoms with Gasteiger partial charge >= 0.3 is 0 Å². The summed E-state index contributed by atoms with van der Waals surface area (Å²) in [4.78, 5) is 4.15. The fourth-order valence-electron chi connectivity index (χ4n) is 2.29. The molecule has 0 saturated carbocycles. The molecule has 0 amide bonds. The molecule has 4 heteroatoms. The van der Waals surface area contributed by atoms with Crippen LogP contribution in [0, 0.1) is 0 Å². The summed E-state index contributed by atoms with van der Waals surface area (Å²) < 4.78 is 1.93. The van der Waals surface area contributed by atoms with Crippen molar-refractivity contribution < 1.29 is 5.11 Å². The van der Waals surface area contributed by atoms with Crippen molar-refractivity contribution in [1.29, 1.82) is 0 Å². The summed E-state index contributed by atoms with van der Waals surface area (Å²) in [6, 6.07) is 13.8. The third-order valence-electron chi connectivity index (χ3n) is 3.27. The highest BCUT2D eigenvalue weighted by Crippen LogP contribution is 2.24. The van der Waals surface area contributed by atoms with E-state index in [4.69, 9.17) is 5.73 Å². The van der Waals surface area contributed by atoms with Crippen molar-refractivity contribution in [3.63, 3.8) is 0 Å². The fraction of sp³-hybridized carbons (Fsp3) is 0.133. The van der Waals surface area contributed by atoms with Gasteiger partial charge in [0.1, 0.15) is 0 Å². The molecular weight excluding hydrogens is 238 g/mol. The maximum atomic E-state index is 9.23. The number of aliphatic hydroxyl groups excluding tert-OH is 1. The summed E-state index contributed by atoms with van der Waals surface area (Å²) in [5.41, 5.74) is 7.74. The SMILES string of the molecule is NC(CO)c1cncn1-c1cccc2ccccc12. The van der Waals surface area contributed by atoms with Crippen LogP contribution in [0.5, 0.6) is 0 Å². The summed E-state index contributed by atoms with van der Waals surface area (Å²) in [5, 5.41) is 11.5. The number of hydrogen-bond donors (Lipinski definition) is 2. The quantitative estimate of drug-likeness (QED) is 0.750. The average molecular weight is 253 g/mol. The number of nitrogens with two attached hydrogens (primary N) is 1. The second-order valence-electron chi connectivity index (χ2n) is 4.48. The number of benzene rings is 2. The van der Waals surface area contributed by atoms with Crippen LogP contribution < -0.4 is 5.73 Å². The van der Waals surface area contributed by atoms with E-state index in [1.807, 2.05) is 28.8 Å². The van der Waals surface area contributed by atoms with Crippen molar-refractivity contribution in [2.75, 3.05) is 6.61 Å². The van der Waals surface area contributed by atoms with Gasteiger partial charge < -0.3 is 15.4 Å². The predicted molar refractivity (Wildman–Crippen MR) is 75.1 cm³/mol. The van der Waals surface area contributed by atoms with Crippen LogP contribution in [0.2, 0.25) is 0 Å². The number of fused-ring (bicyclic) bond motifs is 1. The lowest BCUT2D eigenvalue weighted by molar-refractivity contribution is 0.265. The normalized spacial score (nSPS) is 12.7. The first-order valence-electron chi connectivity index (χ1n) is 6.18. The molecule has 3 N–H and O–H groups in total. The van der Waals surface area contributed by atoms with Gasteiger partial charge in [0.05, 0.1) is 36.6 Å². The summed E-state index contributed by atoms with van der Waals surface area (Å²) in [6.45, 7) is -0.101. The maximum Gasteiger partial charge on any atom is 0.0994 e. The second kappa shape index (κ2) is 4.84. The van der Waals surface area contributed by atoms with E-state index in [0.29, 0.717) is 0 Å². The monoisotopic (exact) mass is 253 g/mol. The summed E-state index contributed by atoms with van der Waals surface area (Å²) in [7, 11) is 0. The third-order valence-corrected chi connectivity index (χ3v) is 3.27. The van der Waals surface area contributed by atoms with E-state index in [2.05, 4.69) is 23.2 Å². The molecular formula is C15H15N3O. The minimum atomic E-state index is -0.429. The Hall–Kier alpha value is -2.17. The van der Waals surface area contributed by atoms with E-state index in [1.165, 1.54) is 0 Å². The Labute approximate surface area is 111 Å². The molecule has 1 heterocycles. The van der Waals surface area contributed by atoms with Gasteiger partial charge in [0.2, 0.25) is 0 Å². The van der Waals surface area contributed by atoms with Crippen LogP contribution in [0.25, 0.3) is 16.5 Å². The lowest BCUT2D eigenvalue weighted by Gasteiger charge is -2.14. The van der Waals surface area contributed by atoms with Crippen LogP contribution in [-0.4, -0.2) is 21.3 Å². The van der Waals surface area contributed by atoms with Gasteiger partial charge in [-0.25, -0.2) is 4.98 Å². The van der Waals surface area contributed by atoms with E-state index in [9.17, 15) is 5.11 Å². The molecule has 1 unspecified atom stereocenters. The fourth-order valence-corrected chi connectivity index (χ4v) is 2.29. The summed E-state index contributed by atoms with van der Waals surface area (Å²) in [6.07, 6.45) is 3.43.